The first-order valence-electron chi connectivity index (χ1n) is 9.82. The molecule has 2 heterocycles. The fourth-order valence-electron chi connectivity index (χ4n) is 3.38. The lowest BCUT2D eigenvalue weighted by Gasteiger charge is -2.13. The molecule has 0 aliphatic heterocycles. The lowest BCUT2D eigenvalue weighted by Crippen LogP contribution is -2.16. The molecule has 0 aliphatic carbocycles. The topological polar surface area (TPSA) is 134 Å². The summed E-state index contributed by atoms with van der Waals surface area (Å²) in [5.74, 6) is -0.666. The summed E-state index contributed by atoms with van der Waals surface area (Å²) in [6.45, 7) is 1.93. The Balaban J connectivity index is 1.72. The molecule has 0 radical (unpaired) electrons. The molecule has 7 nitrogen and oxygen atoms in total. The van der Waals surface area contributed by atoms with Crippen molar-refractivity contribution in [1.29, 1.82) is 10.5 Å². The molecule has 0 saturated heterocycles. The number of thioether (sulfide) groups is 1. The Morgan fingerprint density at radius 2 is 1.79 bits per heavy atom. The Labute approximate surface area is 193 Å². The minimum Gasteiger partial charge on any atom is -0.422 e. The number of aryl methyl sites for hydroxylation is 1. The summed E-state index contributed by atoms with van der Waals surface area (Å²) in [5.41, 5.74) is 7.88. The van der Waals surface area contributed by atoms with E-state index in [1.165, 1.54) is 6.07 Å². The monoisotopic (exact) mass is 452 g/mol. The molecule has 2 aromatic carbocycles. The molecule has 0 spiro atoms. The Kier molecular flexibility index (Phi) is 5.95. The second-order valence-electron chi connectivity index (χ2n) is 7.21. The van der Waals surface area contributed by atoms with Crippen LogP contribution in [0.3, 0.4) is 0 Å². The Morgan fingerprint density at radius 1 is 1.09 bits per heavy atom. The molecule has 0 aliphatic rings. The van der Waals surface area contributed by atoms with Crippen molar-refractivity contribution in [2.75, 3.05) is 11.5 Å². The van der Waals surface area contributed by atoms with E-state index in [-0.39, 0.29) is 33.3 Å². The van der Waals surface area contributed by atoms with Crippen LogP contribution in [0.15, 0.2) is 68.8 Å². The molecule has 160 valence electrons. The van der Waals surface area contributed by atoms with Crippen LogP contribution in [-0.4, -0.2) is 16.5 Å². The van der Waals surface area contributed by atoms with Gasteiger partial charge in [0.25, 0.3) is 0 Å². The lowest BCUT2D eigenvalue weighted by atomic mass is 9.96. The fourth-order valence-corrected chi connectivity index (χ4v) is 4.26. The highest BCUT2D eigenvalue weighted by Gasteiger charge is 2.22. The number of nitrogens with zero attached hydrogens (tertiary/aromatic N) is 3. The van der Waals surface area contributed by atoms with Crippen molar-refractivity contribution in [2.24, 2.45) is 0 Å². The zero-order valence-electron chi connectivity index (χ0n) is 17.5. The van der Waals surface area contributed by atoms with Gasteiger partial charge in [0.05, 0.1) is 11.3 Å². The molecule has 0 atom stereocenters. The van der Waals surface area contributed by atoms with Gasteiger partial charge in [0.15, 0.2) is 5.78 Å². The predicted octanol–water partition coefficient (Wildman–Crippen LogP) is 4.46. The zero-order valence-corrected chi connectivity index (χ0v) is 18.3. The number of pyridine rings is 1. The van der Waals surface area contributed by atoms with Crippen LogP contribution in [0.1, 0.15) is 27.0 Å². The van der Waals surface area contributed by atoms with E-state index in [2.05, 4.69) is 11.1 Å². The third-order valence-electron chi connectivity index (χ3n) is 5.04. The summed E-state index contributed by atoms with van der Waals surface area (Å²) in [4.78, 5) is 29.3. The number of Topliss-reactive ketones (excluding diaryl/α,β-unsaturated/α-hetero) is 1. The van der Waals surface area contributed by atoms with Gasteiger partial charge in [0, 0.05) is 10.9 Å². The van der Waals surface area contributed by atoms with Gasteiger partial charge in [-0.3, -0.25) is 4.79 Å². The van der Waals surface area contributed by atoms with Crippen molar-refractivity contribution in [3.8, 4) is 23.3 Å². The molecule has 2 N–H and O–H groups in total. The average Bonchev–Trinajstić information content (AvgIpc) is 2.82. The van der Waals surface area contributed by atoms with Crippen molar-refractivity contribution in [3.63, 3.8) is 0 Å². The number of fused-ring (bicyclic) bond motifs is 1. The van der Waals surface area contributed by atoms with Crippen LogP contribution in [0.4, 0.5) is 5.82 Å². The van der Waals surface area contributed by atoms with E-state index in [4.69, 9.17) is 10.2 Å². The lowest BCUT2D eigenvalue weighted by molar-refractivity contribution is 0.101. The van der Waals surface area contributed by atoms with Gasteiger partial charge in [-0.15, -0.1) is 0 Å². The number of aromatic nitrogens is 1. The maximum atomic E-state index is 12.8. The number of nitrogens with two attached hydrogens (primary N) is 1. The minimum absolute atomic E-state index is 0.0350. The molecule has 0 unspecified atom stereocenters. The molecular weight excluding hydrogens is 436 g/mol. The number of para-hydroxylation sites is 1. The summed E-state index contributed by atoms with van der Waals surface area (Å²) < 4.78 is 5.24. The number of rotatable bonds is 5. The smallest absolute Gasteiger partial charge is 0.347 e. The van der Waals surface area contributed by atoms with Gasteiger partial charge < -0.3 is 10.2 Å². The largest absolute Gasteiger partial charge is 0.422 e. The Morgan fingerprint density at radius 3 is 2.48 bits per heavy atom. The number of hydrogen-bond acceptors (Lipinski definition) is 8. The number of carbonyl (C=O) groups excluding carboxylic acids is 1. The van der Waals surface area contributed by atoms with E-state index in [9.17, 15) is 20.1 Å². The van der Waals surface area contributed by atoms with Gasteiger partial charge in [-0.25, -0.2) is 9.78 Å². The number of nitrogen functional groups attached to an aromatic ring is 1. The number of nitriles is 2. The van der Waals surface area contributed by atoms with E-state index in [1.807, 2.05) is 25.1 Å². The standard InChI is InChI=1S/C25H16N4O3S/c1-14-6-8-15(9-7-14)22-18(11-26)23(28)29-24(19(22)12-27)33-13-20(30)17-10-16-4-2-3-5-21(16)32-25(17)31/h2-10H,13H2,1H3,(H2,28,29). The van der Waals surface area contributed by atoms with E-state index in [0.29, 0.717) is 22.1 Å². The third kappa shape index (κ3) is 4.20. The summed E-state index contributed by atoms with van der Waals surface area (Å²) in [5, 5.41) is 20.3. The highest BCUT2D eigenvalue weighted by molar-refractivity contribution is 8.00. The molecular formula is C25H16N4O3S. The summed E-state index contributed by atoms with van der Waals surface area (Å²) in [6, 6.07) is 19.8. The molecule has 2 aromatic heterocycles. The van der Waals surface area contributed by atoms with Gasteiger partial charge >= 0.3 is 5.63 Å². The number of hydrogen-bond donors (Lipinski definition) is 1. The number of carbonyl (C=O) groups is 1. The molecule has 4 rings (SSSR count). The zero-order chi connectivity index (χ0) is 23.5. The van der Waals surface area contributed by atoms with Crippen molar-refractivity contribution in [1.82, 2.24) is 4.98 Å². The third-order valence-corrected chi connectivity index (χ3v) is 6.01. The van der Waals surface area contributed by atoms with Gasteiger partial charge in [0.1, 0.15) is 39.7 Å². The molecule has 4 aromatic rings. The van der Waals surface area contributed by atoms with Crippen LogP contribution in [0, 0.1) is 29.6 Å². The predicted molar refractivity (Wildman–Crippen MR) is 126 cm³/mol. The summed E-state index contributed by atoms with van der Waals surface area (Å²) in [7, 11) is 0. The molecule has 0 saturated carbocycles. The number of anilines is 1. The molecule has 0 fully saturated rings. The van der Waals surface area contributed by atoms with Crippen molar-refractivity contribution >= 4 is 34.3 Å². The van der Waals surface area contributed by atoms with Gasteiger partial charge in [-0.05, 0) is 24.6 Å². The second kappa shape index (κ2) is 8.99. The van der Waals surface area contributed by atoms with Crippen molar-refractivity contribution in [2.45, 2.75) is 11.9 Å². The maximum absolute atomic E-state index is 12.8. The van der Waals surface area contributed by atoms with Crippen LogP contribution in [0.2, 0.25) is 0 Å². The fraction of sp³-hybridized carbons (Fsp3) is 0.0800. The number of benzene rings is 2. The SMILES string of the molecule is Cc1ccc(-c2c(C#N)c(N)nc(SCC(=O)c3cc4ccccc4oc3=O)c2C#N)cc1. The van der Waals surface area contributed by atoms with Crippen molar-refractivity contribution < 1.29 is 9.21 Å². The molecule has 33 heavy (non-hydrogen) atoms. The first kappa shape index (κ1) is 21.8. The van der Waals surface area contributed by atoms with Crippen LogP contribution in [0.5, 0.6) is 0 Å². The molecule has 0 amide bonds. The normalized spacial score (nSPS) is 10.5. The summed E-state index contributed by atoms with van der Waals surface area (Å²) >= 11 is 0.981. The van der Waals surface area contributed by atoms with Gasteiger partial charge in [-0.1, -0.05) is 59.8 Å². The Bertz CT molecular complexity index is 1540. The van der Waals surface area contributed by atoms with E-state index < -0.39 is 11.4 Å². The van der Waals surface area contributed by atoms with Crippen LogP contribution < -0.4 is 11.4 Å². The van der Waals surface area contributed by atoms with Gasteiger partial charge in [0.2, 0.25) is 0 Å². The van der Waals surface area contributed by atoms with E-state index in [0.717, 1.165) is 17.3 Å². The quantitative estimate of drug-likeness (QED) is 0.266. The van der Waals surface area contributed by atoms with Crippen LogP contribution >= 0.6 is 11.8 Å². The number of ketones is 1. The molecule has 0 bridgehead atoms. The average molecular weight is 452 g/mol. The molecule has 8 heteroatoms. The van der Waals surface area contributed by atoms with Crippen LogP contribution in [-0.2, 0) is 0 Å². The highest BCUT2D eigenvalue weighted by atomic mass is 32.2. The second-order valence-corrected chi connectivity index (χ2v) is 8.18. The van der Waals surface area contributed by atoms with Crippen molar-refractivity contribution in [3.05, 3.63) is 87.3 Å². The maximum Gasteiger partial charge on any atom is 0.347 e. The van der Waals surface area contributed by atoms with Crippen LogP contribution in [0.25, 0.3) is 22.1 Å². The minimum atomic E-state index is -0.729. The van der Waals surface area contributed by atoms with E-state index >= 15 is 0 Å². The van der Waals surface area contributed by atoms with E-state index in [1.54, 1.807) is 36.4 Å². The first-order chi connectivity index (χ1) is 15.9. The Hall–Kier alpha value is -4.40. The first-order valence-corrected chi connectivity index (χ1v) is 10.8. The van der Waals surface area contributed by atoms with Gasteiger partial charge in [-0.2, -0.15) is 10.5 Å². The highest BCUT2D eigenvalue weighted by Crippen LogP contribution is 2.35. The summed E-state index contributed by atoms with van der Waals surface area (Å²) in [6.07, 6.45) is 0.